The van der Waals surface area contributed by atoms with E-state index in [4.69, 9.17) is 15.6 Å². The van der Waals surface area contributed by atoms with Crippen LogP contribution in [0.15, 0.2) is 18.2 Å². The van der Waals surface area contributed by atoms with Gasteiger partial charge in [0.15, 0.2) is 0 Å². The fraction of sp³-hybridized carbons (Fsp3) is 0.562. The van der Waals surface area contributed by atoms with Crippen LogP contribution in [-0.4, -0.2) is 36.8 Å². The van der Waals surface area contributed by atoms with Gasteiger partial charge in [0, 0.05) is 31.3 Å². The summed E-state index contributed by atoms with van der Waals surface area (Å²) in [5.74, 6) is -0.241. The van der Waals surface area contributed by atoms with Crippen LogP contribution < -0.4 is 15.4 Å². The Morgan fingerprint density at radius 1 is 1.38 bits per heavy atom. The van der Waals surface area contributed by atoms with Crippen molar-refractivity contribution >= 4 is 11.7 Å². The van der Waals surface area contributed by atoms with Crippen molar-refractivity contribution in [2.24, 2.45) is 5.73 Å². The van der Waals surface area contributed by atoms with E-state index in [1.165, 1.54) is 19.3 Å². The summed E-state index contributed by atoms with van der Waals surface area (Å²) in [5.41, 5.74) is 7.63. The minimum atomic E-state index is -0.988. The second-order valence-electron chi connectivity index (χ2n) is 5.42. The minimum absolute atomic E-state index is 0.283. The molecule has 0 bridgehead atoms. The lowest BCUT2D eigenvalue weighted by atomic mass is 10.0. The molecule has 1 atom stereocenters. The molecule has 0 aromatic heterocycles. The number of nitrogens with zero attached hydrogens (tertiary/aromatic N) is 1. The maximum absolute atomic E-state index is 10.9. The third-order valence-electron chi connectivity index (χ3n) is 3.83. The number of anilines is 1. The first kappa shape index (κ1) is 15.6. The molecule has 1 heterocycles. The van der Waals surface area contributed by atoms with Gasteiger partial charge in [-0.3, -0.25) is 4.79 Å². The van der Waals surface area contributed by atoms with Crippen LogP contribution in [0.4, 0.5) is 5.69 Å². The average Bonchev–Trinajstić information content (AvgIpc) is 2.50. The molecule has 0 aliphatic carbocycles. The highest BCUT2D eigenvalue weighted by atomic mass is 16.5. The predicted molar refractivity (Wildman–Crippen MR) is 83.0 cm³/mol. The fourth-order valence-corrected chi connectivity index (χ4v) is 2.67. The maximum atomic E-state index is 10.9. The summed E-state index contributed by atoms with van der Waals surface area (Å²) >= 11 is 0. The van der Waals surface area contributed by atoms with Crippen molar-refractivity contribution in [2.75, 3.05) is 24.6 Å². The number of aliphatic carboxylic acids is 1. The van der Waals surface area contributed by atoms with Crippen molar-refractivity contribution in [1.29, 1.82) is 0 Å². The van der Waals surface area contributed by atoms with Crippen molar-refractivity contribution in [2.45, 2.75) is 38.6 Å². The lowest BCUT2D eigenvalue weighted by molar-refractivity contribution is -0.138. The second-order valence-corrected chi connectivity index (χ2v) is 5.42. The molecule has 1 aromatic rings. The molecule has 5 heteroatoms. The van der Waals surface area contributed by atoms with Crippen LogP contribution in [0.5, 0.6) is 5.75 Å². The summed E-state index contributed by atoms with van der Waals surface area (Å²) in [4.78, 5) is 13.3. The van der Waals surface area contributed by atoms with Crippen LogP contribution in [0, 0.1) is 0 Å². The molecule has 0 saturated carbocycles. The second kappa shape index (κ2) is 7.31. The van der Waals surface area contributed by atoms with Crippen molar-refractivity contribution in [3.8, 4) is 5.75 Å². The average molecular weight is 292 g/mol. The van der Waals surface area contributed by atoms with Crippen molar-refractivity contribution in [1.82, 2.24) is 0 Å². The number of nitrogens with two attached hydrogens (primary N) is 1. The summed E-state index contributed by atoms with van der Waals surface area (Å²) in [6.07, 6.45) is 4.01. The Bertz CT molecular complexity index is 484. The Morgan fingerprint density at radius 2 is 2.10 bits per heavy atom. The molecule has 0 spiro atoms. The Kier molecular flexibility index (Phi) is 5.44. The number of rotatable bonds is 6. The molecule has 0 radical (unpaired) electrons. The van der Waals surface area contributed by atoms with E-state index < -0.39 is 12.0 Å². The lowest BCUT2D eigenvalue weighted by Gasteiger charge is -2.29. The number of ether oxygens (including phenoxy) is 1. The standard InChI is InChI=1S/C16H24N2O3/c1-2-21-15-11-13(18-8-4-3-5-9-18)7-6-12(15)10-14(17)16(19)20/h6-7,11,14H,2-5,8-10,17H2,1H3,(H,19,20). The van der Waals surface area contributed by atoms with Gasteiger partial charge in [-0.05, 0) is 37.8 Å². The van der Waals surface area contributed by atoms with E-state index in [0.29, 0.717) is 6.61 Å². The van der Waals surface area contributed by atoms with Crippen molar-refractivity contribution < 1.29 is 14.6 Å². The Balaban J connectivity index is 2.19. The van der Waals surface area contributed by atoms with Gasteiger partial charge in [0.1, 0.15) is 11.8 Å². The highest BCUT2D eigenvalue weighted by molar-refractivity contribution is 5.73. The zero-order valence-electron chi connectivity index (χ0n) is 12.5. The molecular weight excluding hydrogens is 268 g/mol. The van der Waals surface area contributed by atoms with Crippen LogP contribution in [0.2, 0.25) is 0 Å². The smallest absolute Gasteiger partial charge is 0.320 e. The van der Waals surface area contributed by atoms with Gasteiger partial charge in [-0.15, -0.1) is 0 Å². The van der Waals surface area contributed by atoms with Gasteiger partial charge >= 0.3 is 5.97 Å². The molecule has 1 fully saturated rings. The number of hydrogen-bond donors (Lipinski definition) is 2. The molecule has 116 valence electrons. The van der Waals surface area contributed by atoms with E-state index in [0.717, 1.165) is 30.1 Å². The highest BCUT2D eigenvalue weighted by Crippen LogP contribution is 2.28. The third kappa shape index (κ3) is 4.11. The molecular formula is C16H24N2O3. The van der Waals surface area contributed by atoms with Gasteiger partial charge in [-0.1, -0.05) is 6.07 Å². The summed E-state index contributed by atoms with van der Waals surface area (Å²) in [6.45, 7) is 4.62. The lowest BCUT2D eigenvalue weighted by Crippen LogP contribution is -2.32. The third-order valence-corrected chi connectivity index (χ3v) is 3.83. The number of benzene rings is 1. The monoisotopic (exact) mass is 292 g/mol. The normalized spacial score (nSPS) is 16.6. The molecule has 1 unspecified atom stereocenters. The SMILES string of the molecule is CCOc1cc(N2CCCCC2)ccc1CC(N)C(=O)O. The van der Waals surface area contributed by atoms with E-state index in [9.17, 15) is 4.79 Å². The summed E-state index contributed by atoms with van der Waals surface area (Å²) in [6, 6.07) is 5.10. The number of carboxylic acid groups (broad SMARTS) is 1. The molecule has 5 nitrogen and oxygen atoms in total. The van der Waals surface area contributed by atoms with E-state index in [-0.39, 0.29) is 6.42 Å². The van der Waals surface area contributed by atoms with E-state index in [1.807, 2.05) is 25.1 Å². The zero-order chi connectivity index (χ0) is 15.2. The van der Waals surface area contributed by atoms with Crippen LogP contribution in [-0.2, 0) is 11.2 Å². The predicted octanol–water partition coefficient (Wildman–Crippen LogP) is 2.03. The van der Waals surface area contributed by atoms with E-state index >= 15 is 0 Å². The summed E-state index contributed by atoms with van der Waals surface area (Å²) < 4.78 is 5.67. The van der Waals surface area contributed by atoms with Crippen LogP contribution in [0.25, 0.3) is 0 Å². The molecule has 1 saturated heterocycles. The Labute approximate surface area is 125 Å². The molecule has 1 aromatic carbocycles. The topological polar surface area (TPSA) is 75.8 Å². The number of piperidine rings is 1. The van der Waals surface area contributed by atoms with Crippen LogP contribution in [0.3, 0.4) is 0 Å². The number of hydrogen-bond acceptors (Lipinski definition) is 4. The van der Waals surface area contributed by atoms with Gasteiger partial charge in [0.2, 0.25) is 0 Å². The van der Waals surface area contributed by atoms with E-state index in [2.05, 4.69) is 4.90 Å². The molecule has 1 aliphatic rings. The van der Waals surface area contributed by atoms with Gasteiger partial charge in [-0.2, -0.15) is 0 Å². The van der Waals surface area contributed by atoms with Crippen LogP contribution in [0.1, 0.15) is 31.7 Å². The first-order valence-corrected chi connectivity index (χ1v) is 7.61. The molecule has 1 aliphatic heterocycles. The van der Waals surface area contributed by atoms with Crippen LogP contribution >= 0.6 is 0 Å². The largest absolute Gasteiger partial charge is 0.494 e. The zero-order valence-corrected chi connectivity index (χ0v) is 12.5. The van der Waals surface area contributed by atoms with Gasteiger partial charge in [0.25, 0.3) is 0 Å². The van der Waals surface area contributed by atoms with Crippen molar-refractivity contribution in [3.05, 3.63) is 23.8 Å². The minimum Gasteiger partial charge on any atom is -0.494 e. The van der Waals surface area contributed by atoms with Gasteiger partial charge in [0.05, 0.1) is 6.61 Å². The molecule has 2 rings (SSSR count). The Hall–Kier alpha value is -1.75. The number of carboxylic acids is 1. The molecule has 21 heavy (non-hydrogen) atoms. The number of carbonyl (C=O) groups is 1. The molecule has 3 N–H and O–H groups in total. The van der Waals surface area contributed by atoms with Crippen molar-refractivity contribution in [3.63, 3.8) is 0 Å². The fourth-order valence-electron chi connectivity index (χ4n) is 2.67. The summed E-state index contributed by atoms with van der Waals surface area (Å²) in [7, 11) is 0. The quantitative estimate of drug-likeness (QED) is 0.839. The molecule has 0 amide bonds. The Morgan fingerprint density at radius 3 is 2.71 bits per heavy atom. The van der Waals surface area contributed by atoms with Gasteiger partial charge < -0.3 is 20.5 Å². The first-order chi connectivity index (χ1) is 10.1. The summed E-state index contributed by atoms with van der Waals surface area (Å²) in [5, 5.41) is 8.95. The first-order valence-electron chi connectivity index (χ1n) is 7.61. The maximum Gasteiger partial charge on any atom is 0.320 e. The van der Waals surface area contributed by atoms with E-state index in [1.54, 1.807) is 0 Å². The van der Waals surface area contributed by atoms with Gasteiger partial charge in [-0.25, -0.2) is 0 Å². The highest BCUT2D eigenvalue weighted by Gasteiger charge is 2.17.